The van der Waals surface area contributed by atoms with Crippen molar-refractivity contribution in [2.24, 2.45) is 0 Å². The van der Waals surface area contributed by atoms with Gasteiger partial charge in [-0.2, -0.15) is 0 Å². The summed E-state index contributed by atoms with van der Waals surface area (Å²) in [6.07, 6.45) is 0. The maximum atomic E-state index is 6.48. The Morgan fingerprint density at radius 1 is 0.455 bits per heavy atom. The van der Waals surface area contributed by atoms with E-state index in [0.29, 0.717) is 5.82 Å². The second-order valence-electron chi connectivity index (χ2n) is 10.9. The first-order valence-corrected chi connectivity index (χ1v) is 15.5. The number of nitrogens with zero attached hydrogens (tertiary/aromatic N) is 2. The molecule has 0 atom stereocenters. The predicted molar refractivity (Wildman–Crippen MR) is 184 cm³/mol. The molecule has 9 aromatic rings. The van der Waals surface area contributed by atoms with E-state index in [9.17, 15) is 0 Å². The van der Waals surface area contributed by atoms with Crippen molar-refractivity contribution < 1.29 is 4.42 Å². The van der Waals surface area contributed by atoms with Crippen LogP contribution in [0.5, 0.6) is 0 Å². The third-order valence-corrected chi connectivity index (χ3v) is 9.47. The van der Waals surface area contributed by atoms with Gasteiger partial charge >= 0.3 is 0 Å². The van der Waals surface area contributed by atoms with Crippen LogP contribution in [0.1, 0.15) is 0 Å². The normalized spacial score (nSPS) is 11.6. The molecule has 0 fully saturated rings. The average molecular weight is 581 g/mol. The Balaban J connectivity index is 1.36. The summed E-state index contributed by atoms with van der Waals surface area (Å²) < 4.78 is 8.96. The SMILES string of the molecule is c1ccc(-c2ccccc2-c2cc(-c3cccc4c3oc3ccccc34)nc(-c3cccc4sc5ccccc5c34)n2)cc1. The van der Waals surface area contributed by atoms with Crippen molar-refractivity contribution in [2.75, 3.05) is 0 Å². The molecule has 3 aromatic heterocycles. The van der Waals surface area contributed by atoms with Gasteiger partial charge in [-0.05, 0) is 41.5 Å². The van der Waals surface area contributed by atoms with Crippen molar-refractivity contribution in [1.29, 1.82) is 0 Å². The molecule has 3 heterocycles. The molecule has 206 valence electrons. The van der Waals surface area contributed by atoms with E-state index in [0.717, 1.165) is 61.1 Å². The van der Waals surface area contributed by atoms with Crippen LogP contribution in [0.3, 0.4) is 0 Å². The Bertz CT molecular complexity index is 2510. The van der Waals surface area contributed by atoms with Crippen molar-refractivity contribution >= 4 is 53.4 Å². The van der Waals surface area contributed by atoms with Gasteiger partial charge in [-0.3, -0.25) is 0 Å². The zero-order chi connectivity index (χ0) is 29.0. The molecule has 9 rings (SSSR count). The van der Waals surface area contributed by atoms with Crippen LogP contribution in [0.15, 0.2) is 150 Å². The Kier molecular flexibility index (Phi) is 5.68. The van der Waals surface area contributed by atoms with Gasteiger partial charge in [-0.15, -0.1) is 11.3 Å². The molecule has 44 heavy (non-hydrogen) atoms. The van der Waals surface area contributed by atoms with Gasteiger partial charge in [0.1, 0.15) is 11.2 Å². The van der Waals surface area contributed by atoms with Gasteiger partial charge in [-0.1, -0.05) is 115 Å². The average Bonchev–Trinajstić information content (AvgIpc) is 3.67. The molecule has 0 spiro atoms. The van der Waals surface area contributed by atoms with Crippen molar-refractivity contribution in [2.45, 2.75) is 0 Å². The third-order valence-electron chi connectivity index (χ3n) is 8.34. The Morgan fingerprint density at radius 2 is 1.07 bits per heavy atom. The fraction of sp³-hybridized carbons (Fsp3) is 0. The monoisotopic (exact) mass is 580 g/mol. The molecule has 4 heteroatoms. The highest BCUT2D eigenvalue weighted by atomic mass is 32.1. The molecule has 0 amide bonds. The van der Waals surface area contributed by atoms with E-state index in [1.54, 1.807) is 11.3 Å². The topological polar surface area (TPSA) is 38.9 Å². The van der Waals surface area contributed by atoms with E-state index in [2.05, 4.69) is 127 Å². The minimum atomic E-state index is 0.697. The van der Waals surface area contributed by atoms with Gasteiger partial charge in [-0.25, -0.2) is 9.97 Å². The van der Waals surface area contributed by atoms with E-state index in [1.807, 2.05) is 18.2 Å². The zero-order valence-corrected chi connectivity index (χ0v) is 24.4. The minimum Gasteiger partial charge on any atom is -0.455 e. The van der Waals surface area contributed by atoms with Crippen LogP contribution < -0.4 is 0 Å². The fourth-order valence-electron chi connectivity index (χ4n) is 6.33. The maximum absolute atomic E-state index is 6.48. The lowest BCUT2D eigenvalue weighted by atomic mass is 9.96. The first kappa shape index (κ1) is 25.0. The van der Waals surface area contributed by atoms with Gasteiger partial charge in [0, 0.05) is 47.6 Å². The lowest BCUT2D eigenvalue weighted by Gasteiger charge is -2.13. The number of para-hydroxylation sites is 2. The Hall–Kier alpha value is -5.58. The van der Waals surface area contributed by atoms with Crippen LogP contribution in [0, 0.1) is 0 Å². The summed E-state index contributed by atoms with van der Waals surface area (Å²) >= 11 is 1.81. The van der Waals surface area contributed by atoms with Crippen LogP contribution >= 0.6 is 11.3 Å². The van der Waals surface area contributed by atoms with E-state index in [-0.39, 0.29) is 0 Å². The van der Waals surface area contributed by atoms with Crippen LogP contribution in [-0.2, 0) is 0 Å². The molecular formula is C40H24N2OS. The largest absolute Gasteiger partial charge is 0.455 e. The lowest BCUT2D eigenvalue weighted by Crippen LogP contribution is -1.97. The van der Waals surface area contributed by atoms with Crippen LogP contribution in [-0.4, -0.2) is 9.97 Å². The second kappa shape index (κ2) is 10.0. The first-order valence-electron chi connectivity index (χ1n) is 14.7. The van der Waals surface area contributed by atoms with Crippen molar-refractivity contribution in [3.05, 3.63) is 146 Å². The summed E-state index contributed by atoms with van der Waals surface area (Å²) in [7, 11) is 0. The highest BCUT2D eigenvalue weighted by Gasteiger charge is 2.19. The number of hydrogen-bond acceptors (Lipinski definition) is 4. The molecule has 0 saturated carbocycles. The molecule has 0 unspecified atom stereocenters. The van der Waals surface area contributed by atoms with E-state index in [1.165, 1.54) is 20.2 Å². The lowest BCUT2D eigenvalue weighted by molar-refractivity contribution is 0.670. The fourth-order valence-corrected chi connectivity index (χ4v) is 7.46. The van der Waals surface area contributed by atoms with Crippen LogP contribution in [0.25, 0.3) is 87.1 Å². The molecule has 0 saturated heterocycles. The first-order chi connectivity index (χ1) is 21.8. The van der Waals surface area contributed by atoms with Gasteiger partial charge in [0.15, 0.2) is 5.82 Å². The minimum absolute atomic E-state index is 0.697. The molecule has 0 radical (unpaired) electrons. The van der Waals surface area contributed by atoms with Gasteiger partial charge in [0.2, 0.25) is 0 Å². The second-order valence-corrected chi connectivity index (χ2v) is 12.0. The molecule has 0 bridgehead atoms. The molecule has 3 nitrogen and oxygen atoms in total. The van der Waals surface area contributed by atoms with Crippen molar-refractivity contribution in [1.82, 2.24) is 9.97 Å². The molecule has 0 N–H and O–H groups in total. The molecule has 0 aliphatic rings. The number of fused-ring (bicyclic) bond motifs is 6. The molecular weight excluding hydrogens is 557 g/mol. The number of benzene rings is 6. The number of rotatable bonds is 4. The highest BCUT2D eigenvalue weighted by molar-refractivity contribution is 7.25. The van der Waals surface area contributed by atoms with Crippen molar-refractivity contribution in [3.8, 4) is 45.0 Å². The number of thiophene rings is 1. The summed E-state index contributed by atoms with van der Waals surface area (Å²) in [6, 6.07) is 50.6. The summed E-state index contributed by atoms with van der Waals surface area (Å²) in [4.78, 5) is 10.6. The summed E-state index contributed by atoms with van der Waals surface area (Å²) in [5.41, 5.74) is 8.71. The van der Waals surface area contributed by atoms with Crippen LogP contribution in [0.4, 0.5) is 0 Å². The number of hydrogen-bond donors (Lipinski definition) is 0. The summed E-state index contributed by atoms with van der Waals surface area (Å²) in [6.45, 7) is 0. The van der Waals surface area contributed by atoms with Gasteiger partial charge in [0.05, 0.1) is 11.4 Å². The Morgan fingerprint density at radius 3 is 1.95 bits per heavy atom. The quantitative estimate of drug-likeness (QED) is 0.208. The van der Waals surface area contributed by atoms with Crippen LogP contribution in [0.2, 0.25) is 0 Å². The smallest absolute Gasteiger partial charge is 0.161 e. The van der Waals surface area contributed by atoms with Gasteiger partial charge < -0.3 is 4.42 Å². The summed E-state index contributed by atoms with van der Waals surface area (Å²) in [5.74, 6) is 0.697. The van der Waals surface area contributed by atoms with E-state index >= 15 is 0 Å². The number of furan rings is 1. The van der Waals surface area contributed by atoms with Crippen molar-refractivity contribution in [3.63, 3.8) is 0 Å². The van der Waals surface area contributed by atoms with E-state index < -0.39 is 0 Å². The highest BCUT2D eigenvalue weighted by Crippen LogP contribution is 2.42. The van der Waals surface area contributed by atoms with Gasteiger partial charge in [0.25, 0.3) is 0 Å². The number of aromatic nitrogens is 2. The summed E-state index contributed by atoms with van der Waals surface area (Å²) in [5, 5.41) is 4.59. The van der Waals surface area contributed by atoms with E-state index in [4.69, 9.17) is 14.4 Å². The molecule has 0 aliphatic heterocycles. The predicted octanol–water partition coefficient (Wildman–Crippen LogP) is 11.4. The third kappa shape index (κ3) is 3.96. The Labute approximate surface area is 257 Å². The zero-order valence-electron chi connectivity index (χ0n) is 23.6. The standard InChI is InChI=1S/C40H24N2OS/c1-2-12-25(13-3-1)26-14-4-5-15-27(26)33-24-34(30-19-10-18-29-28-16-6-8-21-35(28)43-39(29)30)42-40(41-33)32-20-11-23-37-38(32)31-17-7-9-22-36(31)44-37/h1-24H. The maximum Gasteiger partial charge on any atom is 0.161 e. The molecule has 0 aliphatic carbocycles. The molecule has 6 aromatic carbocycles.